The van der Waals surface area contributed by atoms with E-state index in [-0.39, 0.29) is 0 Å². The quantitative estimate of drug-likeness (QED) is 0.737. The molecule has 0 bridgehead atoms. The molecule has 0 N–H and O–H groups in total. The zero-order chi connectivity index (χ0) is 9.80. The minimum atomic E-state index is 0.778. The van der Waals surface area contributed by atoms with Gasteiger partial charge in [-0.15, -0.1) is 0 Å². The first kappa shape index (κ1) is 8.88. The summed E-state index contributed by atoms with van der Waals surface area (Å²) >= 11 is 0. The van der Waals surface area contributed by atoms with Crippen molar-refractivity contribution >= 4 is 0 Å². The molecule has 1 aromatic carbocycles. The highest BCUT2D eigenvalue weighted by molar-refractivity contribution is 5.30. The summed E-state index contributed by atoms with van der Waals surface area (Å²) in [6.45, 7) is 0. The lowest BCUT2D eigenvalue weighted by Crippen LogP contribution is -1.88. The van der Waals surface area contributed by atoms with Crippen LogP contribution >= 0.6 is 0 Å². The van der Waals surface area contributed by atoms with Crippen molar-refractivity contribution in [2.24, 2.45) is 0 Å². The Morgan fingerprint density at radius 3 is 3.00 bits per heavy atom. The molecule has 1 heterocycles. The van der Waals surface area contributed by atoms with Crippen LogP contribution in [0, 0.1) is 6.26 Å². The Bertz CT molecular complexity index is 390. The maximum Gasteiger partial charge on any atom is 0.169 e. The number of hydrogen-bond donors (Lipinski definition) is 0. The van der Waals surface area contributed by atoms with Gasteiger partial charge in [0.25, 0.3) is 0 Å². The highest BCUT2D eigenvalue weighted by atomic mass is 16.5. The third kappa shape index (κ3) is 1.96. The second-order valence-corrected chi connectivity index (χ2v) is 3.05. The first-order valence-electron chi connectivity index (χ1n) is 4.46. The molecule has 2 rings (SSSR count). The number of hydrogen-bond acceptors (Lipinski definition) is 2. The Balaban J connectivity index is 2.17. The van der Waals surface area contributed by atoms with E-state index in [0.717, 1.165) is 17.9 Å². The Morgan fingerprint density at radius 1 is 1.36 bits per heavy atom. The lowest BCUT2D eigenvalue weighted by atomic mass is 10.1. The summed E-state index contributed by atoms with van der Waals surface area (Å²) in [5, 5.41) is 0. The van der Waals surface area contributed by atoms with Gasteiger partial charge in [-0.25, -0.2) is 0 Å². The normalized spacial score (nSPS) is 10.1. The molecule has 0 saturated heterocycles. The fourth-order valence-electron chi connectivity index (χ4n) is 1.35. The van der Waals surface area contributed by atoms with Crippen LogP contribution in [0.3, 0.4) is 0 Å². The Morgan fingerprint density at radius 2 is 2.29 bits per heavy atom. The molecule has 2 heteroatoms. The van der Waals surface area contributed by atoms with Crippen LogP contribution in [0.4, 0.5) is 0 Å². The van der Waals surface area contributed by atoms with E-state index in [0.29, 0.717) is 0 Å². The average molecular weight is 187 g/mol. The molecule has 2 nitrogen and oxygen atoms in total. The average Bonchev–Trinajstić information content (AvgIpc) is 2.71. The minimum Gasteiger partial charge on any atom is -0.497 e. The van der Waals surface area contributed by atoms with Gasteiger partial charge in [-0.3, -0.25) is 0 Å². The van der Waals surface area contributed by atoms with Gasteiger partial charge < -0.3 is 9.15 Å². The van der Waals surface area contributed by atoms with Crippen LogP contribution in [-0.2, 0) is 6.42 Å². The van der Waals surface area contributed by atoms with Gasteiger partial charge in [-0.2, -0.15) is 0 Å². The number of ether oxygens (including phenoxy) is 1. The summed E-state index contributed by atoms with van der Waals surface area (Å²) in [4.78, 5) is 0. The van der Waals surface area contributed by atoms with E-state index in [4.69, 9.17) is 9.15 Å². The molecule has 14 heavy (non-hydrogen) atoms. The van der Waals surface area contributed by atoms with Crippen LogP contribution in [0.25, 0.3) is 0 Å². The molecule has 1 radical (unpaired) electrons. The Hall–Kier alpha value is -1.70. The fraction of sp³-hybridized carbons (Fsp3) is 0.167. The molecule has 0 aliphatic rings. The molecular weight excluding hydrogens is 176 g/mol. The highest BCUT2D eigenvalue weighted by Gasteiger charge is 1.99. The summed E-state index contributed by atoms with van der Waals surface area (Å²) in [6.07, 6.45) is 3.45. The number of rotatable bonds is 3. The monoisotopic (exact) mass is 187 g/mol. The molecular formula is C12H11O2. The standard InChI is InChI=1S/C12H11O2/c1-13-11-5-2-4-10(8-11)9-12-6-3-7-14-12/h2-6,8H,9H2,1H3. The van der Waals surface area contributed by atoms with Gasteiger partial charge in [-0.1, -0.05) is 12.1 Å². The van der Waals surface area contributed by atoms with E-state index in [9.17, 15) is 0 Å². The first-order chi connectivity index (χ1) is 6.88. The van der Waals surface area contributed by atoms with Crippen molar-refractivity contribution in [2.75, 3.05) is 7.11 Å². The zero-order valence-electron chi connectivity index (χ0n) is 7.99. The summed E-state index contributed by atoms with van der Waals surface area (Å²) in [7, 11) is 1.67. The van der Waals surface area contributed by atoms with Crippen LogP contribution in [0.1, 0.15) is 11.3 Å². The van der Waals surface area contributed by atoms with Crippen molar-refractivity contribution in [1.29, 1.82) is 0 Å². The molecule has 0 saturated carbocycles. The van der Waals surface area contributed by atoms with Gasteiger partial charge in [-0.05, 0) is 29.8 Å². The summed E-state index contributed by atoms with van der Waals surface area (Å²) < 4.78 is 10.3. The van der Waals surface area contributed by atoms with E-state index < -0.39 is 0 Å². The number of methoxy groups -OCH3 is 1. The molecule has 0 aliphatic heterocycles. The number of benzene rings is 1. The molecule has 0 atom stereocenters. The second kappa shape index (κ2) is 4.01. The van der Waals surface area contributed by atoms with Crippen LogP contribution in [-0.4, -0.2) is 7.11 Å². The third-order valence-corrected chi connectivity index (χ3v) is 2.04. The Labute approximate surface area is 83.1 Å². The highest BCUT2D eigenvalue weighted by Crippen LogP contribution is 2.15. The number of furan rings is 1. The predicted octanol–water partition coefficient (Wildman–Crippen LogP) is 2.68. The van der Waals surface area contributed by atoms with Gasteiger partial charge >= 0.3 is 0 Å². The van der Waals surface area contributed by atoms with Crippen molar-refractivity contribution in [1.82, 2.24) is 0 Å². The van der Waals surface area contributed by atoms with E-state index in [2.05, 4.69) is 6.26 Å². The second-order valence-electron chi connectivity index (χ2n) is 3.05. The molecule has 0 amide bonds. The summed E-state index contributed by atoms with van der Waals surface area (Å²) in [5.41, 5.74) is 1.17. The largest absolute Gasteiger partial charge is 0.497 e. The molecule has 2 aromatic rings. The summed E-state index contributed by atoms with van der Waals surface area (Å²) in [5.74, 6) is 1.79. The topological polar surface area (TPSA) is 22.4 Å². The van der Waals surface area contributed by atoms with Crippen LogP contribution in [0.15, 0.2) is 40.8 Å². The zero-order valence-corrected chi connectivity index (χ0v) is 7.99. The molecule has 1 aromatic heterocycles. The van der Waals surface area contributed by atoms with E-state index in [1.165, 1.54) is 5.56 Å². The van der Waals surface area contributed by atoms with Gasteiger partial charge in [0.15, 0.2) is 6.26 Å². The van der Waals surface area contributed by atoms with Gasteiger partial charge in [0.05, 0.1) is 7.11 Å². The molecule has 0 fully saturated rings. The van der Waals surface area contributed by atoms with E-state index in [1.54, 1.807) is 13.2 Å². The van der Waals surface area contributed by atoms with Crippen LogP contribution in [0.5, 0.6) is 5.75 Å². The van der Waals surface area contributed by atoms with Crippen molar-refractivity contribution in [3.8, 4) is 5.75 Å². The van der Waals surface area contributed by atoms with Gasteiger partial charge in [0, 0.05) is 6.42 Å². The van der Waals surface area contributed by atoms with Gasteiger partial charge in [0.1, 0.15) is 11.5 Å². The van der Waals surface area contributed by atoms with Crippen molar-refractivity contribution in [3.05, 3.63) is 54.0 Å². The Kier molecular flexibility index (Phi) is 2.54. The minimum absolute atomic E-state index is 0.778. The van der Waals surface area contributed by atoms with Gasteiger partial charge in [0.2, 0.25) is 0 Å². The lowest BCUT2D eigenvalue weighted by Gasteiger charge is -2.02. The third-order valence-electron chi connectivity index (χ3n) is 2.04. The van der Waals surface area contributed by atoms with Crippen molar-refractivity contribution < 1.29 is 9.15 Å². The SMILES string of the molecule is COc1cccc(Cc2cc[c]o2)c1. The maximum absolute atomic E-state index is 5.15. The molecule has 71 valence electrons. The lowest BCUT2D eigenvalue weighted by molar-refractivity contribution is 0.414. The summed E-state index contributed by atoms with van der Waals surface area (Å²) in [6, 6.07) is 11.6. The maximum atomic E-state index is 5.15. The van der Waals surface area contributed by atoms with Crippen molar-refractivity contribution in [3.63, 3.8) is 0 Å². The van der Waals surface area contributed by atoms with E-state index in [1.807, 2.05) is 30.3 Å². The first-order valence-corrected chi connectivity index (χ1v) is 4.46. The van der Waals surface area contributed by atoms with Crippen LogP contribution in [0.2, 0.25) is 0 Å². The molecule has 0 unspecified atom stereocenters. The molecule has 0 spiro atoms. The smallest absolute Gasteiger partial charge is 0.169 e. The predicted molar refractivity (Wildman–Crippen MR) is 53.3 cm³/mol. The van der Waals surface area contributed by atoms with Crippen LogP contribution < -0.4 is 4.74 Å². The fourth-order valence-corrected chi connectivity index (χ4v) is 1.35. The molecule has 0 aliphatic carbocycles. The van der Waals surface area contributed by atoms with E-state index >= 15 is 0 Å². The van der Waals surface area contributed by atoms with Crippen molar-refractivity contribution in [2.45, 2.75) is 6.42 Å².